The minimum atomic E-state index is -0.620. The number of carbonyl (C=O) groups excluding carboxylic acids is 2. The first-order valence-corrected chi connectivity index (χ1v) is 5.72. The normalized spacial score (nSPS) is 20.7. The maximum atomic E-state index is 11.6. The molecule has 1 aromatic rings. The summed E-state index contributed by atoms with van der Waals surface area (Å²) in [5, 5.41) is 0. The molecule has 1 aliphatic rings. The topological polar surface area (TPSA) is 64.8 Å². The van der Waals surface area contributed by atoms with E-state index in [1.807, 2.05) is 0 Å². The highest BCUT2D eigenvalue weighted by molar-refractivity contribution is 6.00. The summed E-state index contributed by atoms with van der Waals surface area (Å²) >= 11 is 0. The van der Waals surface area contributed by atoms with Crippen LogP contribution in [0.25, 0.3) is 0 Å². The van der Waals surface area contributed by atoms with E-state index in [0.717, 1.165) is 5.69 Å². The first kappa shape index (κ1) is 13.2. The average molecular weight is 265 g/mol. The van der Waals surface area contributed by atoms with E-state index >= 15 is 0 Å². The number of ether oxygens (including phenoxy) is 3. The second kappa shape index (κ2) is 5.17. The standard InChI is InChI=1S/C13H15NO5/c1-17-9-6-4-8(5-7-9)14-10(12(15)18-2)11(14)13(16)19-3/h4-7,10-11H,1-3H3/t10-,11-/m0/s1. The van der Waals surface area contributed by atoms with Crippen molar-refractivity contribution in [1.82, 2.24) is 0 Å². The molecule has 6 heteroatoms. The molecule has 0 amide bonds. The SMILES string of the molecule is COC(=O)[C@@H]1[C@@H](C(=O)OC)N1c1ccc(OC)cc1. The van der Waals surface area contributed by atoms with E-state index in [1.165, 1.54) is 14.2 Å². The number of hydrogen-bond acceptors (Lipinski definition) is 6. The summed E-state index contributed by atoms with van der Waals surface area (Å²) in [4.78, 5) is 24.9. The molecule has 0 spiro atoms. The molecule has 0 unspecified atom stereocenters. The maximum Gasteiger partial charge on any atom is 0.331 e. The molecule has 0 N–H and O–H groups in total. The summed E-state index contributed by atoms with van der Waals surface area (Å²) in [5.41, 5.74) is 0.742. The molecule has 2 atom stereocenters. The molecular weight excluding hydrogens is 250 g/mol. The summed E-state index contributed by atoms with van der Waals surface area (Å²) in [6.07, 6.45) is 0. The molecule has 0 aliphatic carbocycles. The van der Waals surface area contributed by atoms with Crippen LogP contribution in [0.1, 0.15) is 0 Å². The van der Waals surface area contributed by atoms with Crippen molar-refractivity contribution < 1.29 is 23.8 Å². The van der Waals surface area contributed by atoms with Crippen LogP contribution in [0.4, 0.5) is 5.69 Å². The minimum absolute atomic E-state index is 0.453. The number of esters is 2. The second-order valence-electron chi connectivity index (χ2n) is 4.04. The zero-order valence-corrected chi connectivity index (χ0v) is 11.0. The Morgan fingerprint density at radius 3 is 1.79 bits per heavy atom. The molecule has 0 saturated carbocycles. The van der Waals surface area contributed by atoms with Crippen molar-refractivity contribution in [2.45, 2.75) is 12.1 Å². The van der Waals surface area contributed by atoms with Crippen LogP contribution in [0.3, 0.4) is 0 Å². The molecule has 19 heavy (non-hydrogen) atoms. The van der Waals surface area contributed by atoms with Gasteiger partial charge in [-0.25, -0.2) is 9.59 Å². The lowest BCUT2D eigenvalue weighted by molar-refractivity contribution is -0.144. The lowest BCUT2D eigenvalue weighted by Gasteiger charge is -2.06. The van der Waals surface area contributed by atoms with Gasteiger partial charge in [0, 0.05) is 5.69 Å². The van der Waals surface area contributed by atoms with E-state index in [2.05, 4.69) is 9.47 Å². The minimum Gasteiger partial charge on any atom is -0.497 e. The molecule has 2 rings (SSSR count). The van der Waals surface area contributed by atoms with Crippen molar-refractivity contribution in [1.29, 1.82) is 0 Å². The first-order chi connectivity index (χ1) is 9.13. The summed E-state index contributed by atoms with van der Waals surface area (Å²) in [5.74, 6) is -0.202. The van der Waals surface area contributed by atoms with Crippen molar-refractivity contribution >= 4 is 17.6 Å². The number of anilines is 1. The van der Waals surface area contributed by atoms with E-state index < -0.39 is 24.0 Å². The van der Waals surface area contributed by atoms with Crippen molar-refractivity contribution in [2.24, 2.45) is 0 Å². The third-order valence-electron chi connectivity index (χ3n) is 3.06. The maximum absolute atomic E-state index is 11.6. The fraction of sp³-hybridized carbons (Fsp3) is 0.385. The Balaban J connectivity index is 2.21. The highest BCUT2D eigenvalue weighted by Gasteiger charge is 2.59. The van der Waals surface area contributed by atoms with Crippen LogP contribution in [0.2, 0.25) is 0 Å². The van der Waals surface area contributed by atoms with Crippen LogP contribution in [0.5, 0.6) is 5.75 Å². The Kier molecular flexibility index (Phi) is 3.59. The highest BCUT2D eigenvalue weighted by atomic mass is 16.5. The van der Waals surface area contributed by atoms with Gasteiger partial charge in [-0.3, -0.25) is 0 Å². The quantitative estimate of drug-likeness (QED) is 0.586. The van der Waals surface area contributed by atoms with Crippen molar-refractivity contribution in [3.63, 3.8) is 0 Å². The van der Waals surface area contributed by atoms with Gasteiger partial charge in [-0.15, -0.1) is 0 Å². The van der Waals surface area contributed by atoms with Crippen LogP contribution in [0.15, 0.2) is 24.3 Å². The molecule has 0 radical (unpaired) electrons. The Labute approximate surface area is 110 Å². The summed E-state index contributed by atoms with van der Waals surface area (Å²) < 4.78 is 14.4. The van der Waals surface area contributed by atoms with E-state index in [1.54, 1.807) is 36.3 Å². The molecular formula is C13H15NO5. The molecule has 0 bridgehead atoms. The molecule has 0 aromatic heterocycles. The van der Waals surface area contributed by atoms with E-state index in [0.29, 0.717) is 5.75 Å². The van der Waals surface area contributed by atoms with Gasteiger partial charge in [0.25, 0.3) is 0 Å². The number of nitrogens with zero attached hydrogens (tertiary/aromatic N) is 1. The Bertz CT molecular complexity index is 462. The molecule has 1 aromatic carbocycles. The molecule has 1 saturated heterocycles. The zero-order valence-electron chi connectivity index (χ0n) is 11.0. The monoisotopic (exact) mass is 265 g/mol. The summed E-state index contributed by atoms with van der Waals surface area (Å²) in [7, 11) is 4.16. The van der Waals surface area contributed by atoms with Crippen molar-refractivity contribution in [3.05, 3.63) is 24.3 Å². The third-order valence-corrected chi connectivity index (χ3v) is 3.06. The number of benzene rings is 1. The van der Waals surface area contributed by atoms with E-state index in [-0.39, 0.29) is 0 Å². The van der Waals surface area contributed by atoms with Gasteiger partial charge in [-0.1, -0.05) is 0 Å². The first-order valence-electron chi connectivity index (χ1n) is 5.72. The Morgan fingerprint density at radius 1 is 0.947 bits per heavy atom. The number of rotatable bonds is 4. The summed E-state index contributed by atoms with van der Waals surface area (Å²) in [6, 6.07) is 5.83. The van der Waals surface area contributed by atoms with Crippen molar-refractivity contribution in [3.8, 4) is 5.75 Å². The van der Waals surface area contributed by atoms with Gasteiger partial charge >= 0.3 is 11.9 Å². The largest absolute Gasteiger partial charge is 0.497 e. The Hall–Kier alpha value is -2.24. The predicted molar refractivity (Wildman–Crippen MR) is 67.1 cm³/mol. The second-order valence-corrected chi connectivity index (χ2v) is 4.04. The van der Waals surface area contributed by atoms with Crippen LogP contribution < -0.4 is 9.64 Å². The fourth-order valence-corrected chi connectivity index (χ4v) is 2.03. The van der Waals surface area contributed by atoms with Crippen LogP contribution >= 0.6 is 0 Å². The van der Waals surface area contributed by atoms with Crippen LogP contribution in [-0.4, -0.2) is 45.4 Å². The van der Waals surface area contributed by atoms with E-state index in [9.17, 15) is 9.59 Å². The van der Waals surface area contributed by atoms with Gasteiger partial charge < -0.3 is 19.1 Å². The average Bonchev–Trinajstić information content (AvgIpc) is 3.21. The van der Waals surface area contributed by atoms with Gasteiger partial charge in [-0.05, 0) is 24.3 Å². The molecule has 1 heterocycles. The molecule has 1 fully saturated rings. The van der Waals surface area contributed by atoms with Gasteiger partial charge in [0.05, 0.1) is 21.3 Å². The lowest BCUT2D eigenvalue weighted by Crippen LogP contribution is -2.18. The smallest absolute Gasteiger partial charge is 0.331 e. The van der Waals surface area contributed by atoms with Gasteiger partial charge in [0.1, 0.15) is 5.75 Å². The van der Waals surface area contributed by atoms with Gasteiger partial charge in [-0.2, -0.15) is 0 Å². The zero-order chi connectivity index (χ0) is 14.0. The van der Waals surface area contributed by atoms with Crippen LogP contribution in [0, 0.1) is 0 Å². The summed E-state index contributed by atoms with van der Waals surface area (Å²) in [6.45, 7) is 0. The molecule has 6 nitrogen and oxygen atoms in total. The number of carbonyl (C=O) groups is 2. The third kappa shape index (κ3) is 2.33. The number of methoxy groups -OCH3 is 3. The van der Waals surface area contributed by atoms with Crippen LogP contribution in [-0.2, 0) is 19.1 Å². The Morgan fingerprint density at radius 2 is 1.42 bits per heavy atom. The highest BCUT2D eigenvalue weighted by Crippen LogP contribution is 2.37. The van der Waals surface area contributed by atoms with E-state index in [4.69, 9.17) is 4.74 Å². The van der Waals surface area contributed by atoms with Crippen molar-refractivity contribution in [2.75, 3.05) is 26.2 Å². The molecule has 1 aliphatic heterocycles. The number of hydrogen-bond donors (Lipinski definition) is 0. The molecule has 102 valence electrons. The predicted octanol–water partition coefficient (Wildman–Crippen LogP) is 0.598. The van der Waals surface area contributed by atoms with Gasteiger partial charge in [0.15, 0.2) is 12.1 Å². The fourth-order valence-electron chi connectivity index (χ4n) is 2.03. The van der Waals surface area contributed by atoms with Gasteiger partial charge in [0.2, 0.25) is 0 Å². The lowest BCUT2D eigenvalue weighted by atomic mass is 10.3.